The first-order chi connectivity index (χ1) is 10.1. The molecule has 0 saturated carbocycles. The molecule has 0 radical (unpaired) electrons. The summed E-state index contributed by atoms with van der Waals surface area (Å²) in [6.45, 7) is 0.796. The first-order valence-corrected chi connectivity index (χ1v) is 6.52. The summed E-state index contributed by atoms with van der Waals surface area (Å²) in [5, 5.41) is 22.7. The van der Waals surface area contributed by atoms with Crippen LogP contribution in [0, 0.1) is 10.1 Å². The number of ether oxygens (including phenoxy) is 1. The van der Waals surface area contributed by atoms with E-state index in [9.17, 15) is 20.0 Å². The second-order valence-corrected chi connectivity index (χ2v) is 4.63. The number of amides is 1. The van der Waals surface area contributed by atoms with Gasteiger partial charge in [0.1, 0.15) is 6.04 Å². The Balaban J connectivity index is 2.34. The highest BCUT2D eigenvalue weighted by Crippen LogP contribution is 2.27. The molecule has 2 rings (SSSR count). The van der Waals surface area contributed by atoms with Gasteiger partial charge in [-0.25, -0.2) is 0 Å². The van der Waals surface area contributed by atoms with Crippen LogP contribution in [0.25, 0.3) is 0 Å². The van der Waals surface area contributed by atoms with Crippen molar-refractivity contribution < 1.29 is 19.6 Å². The zero-order valence-electron chi connectivity index (χ0n) is 11.6. The predicted molar refractivity (Wildman–Crippen MR) is 75.0 cm³/mol. The highest BCUT2D eigenvalue weighted by Gasteiger charge is 2.29. The van der Waals surface area contributed by atoms with Gasteiger partial charge in [-0.15, -0.1) is 0 Å². The van der Waals surface area contributed by atoms with Crippen LogP contribution < -0.4 is 10.2 Å². The molecule has 8 heteroatoms. The Bertz CT molecular complexity index is 549. The molecule has 1 aliphatic heterocycles. The van der Waals surface area contributed by atoms with E-state index in [2.05, 4.69) is 5.32 Å². The predicted octanol–water partition coefficient (Wildman–Crippen LogP) is 0.0383. The summed E-state index contributed by atoms with van der Waals surface area (Å²) < 4.78 is 5.32. The molecule has 0 aliphatic carbocycles. The van der Waals surface area contributed by atoms with E-state index < -0.39 is 17.6 Å². The van der Waals surface area contributed by atoms with Gasteiger partial charge < -0.3 is 20.1 Å². The van der Waals surface area contributed by atoms with Gasteiger partial charge in [0.15, 0.2) is 0 Å². The summed E-state index contributed by atoms with van der Waals surface area (Å²) in [7, 11) is 1.55. The topological polar surface area (TPSA) is 105 Å². The molecule has 1 atom stereocenters. The molecule has 1 amide bonds. The van der Waals surface area contributed by atoms with Gasteiger partial charge in [0.25, 0.3) is 5.69 Å². The van der Waals surface area contributed by atoms with Crippen molar-refractivity contribution in [2.45, 2.75) is 12.6 Å². The number of hydrogen-bond acceptors (Lipinski definition) is 6. The number of nitrogens with zero attached hydrogens (tertiary/aromatic N) is 2. The molecule has 2 N–H and O–H groups in total. The van der Waals surface area contributed by atoms with E-state index in [0.29, 0.717) is 18.8 Å². The molecule has 1 unspecified atom stereocenters. The minimum Gasteiger partial charge on any atom is -0.391 e. The van der Waals surface area contributed by atoms with Gasteiger partial charge in [0.05, 0.1) is 30.3 Å². The molecule has 1 heterocycles. The molecule has 0 aromatic heterocycles. The highest BCUT2D eigenvalue weighted by molar-refractivity contribution is 5.85. The zero-order valence-corrected chi connectivity index (χ0v) is 11.6. The lowest BCUT2D eigenvalue weighted by atomic mass is 10.1. The fourth-order valence-corrected chi connectivity index (χ4v) is 2.35. The van der Waals surface area contributed by atoms with E-state index in [1.54, 1.807) is 19.2 Å². The van der Waals surface area contributed by atoms with Crippen LogP contribution in [0.3, 0.4) is 0 Å². The van der Waals surface area contributed by atoms with Gasteiger partial charge in [-0.05, 0) is 12.1 Å². The average molecular weight is 295 g/mol. The Kier molecular flexibility index (Phi) is 4.71. The van der Waals surface area contributed by atoms with Gasteiger partial charge in [0, 0.05) is 25.3 Å². The number of aliphatic hydroxyl groups excluding tert-OH is 1. The number of nitro benzene ring substituents is 1. The van der Waals surface area contributed by atoms with Gasteiger partial charge in [-0.1, -0.05) is 0 Å². The summed E-state index contributed by atoms with van der Waals surface area (Å²) in [5.74, 6) is -0.182. The van der Waals surface area contributed by atoms with E-state index in [1.165, 1.54) is 6.07 Å². The Morgan fingerprint density at radius 1 is 1.62 bits per heavy atom. The van der Waals surface area contributed by atoms with Crippen molar-refractivity contribution in [3.05, 3.63) is 33.9 Å². The van der Waals surface area contributed by atoms with Gasteiger partial charge in [-0.2, -0.15) is 0 Å². The summed E-state index contributed by atoms with van der Waals surface area (Å²) in [5.41, 5.74) is 0.743. The van der Waals surface area contributed by atoms with Gasteiger partial charge in [0.2, 0.25) is 5.91 Å². The number of likely N-dealkylation sites (N-methyl/N-ethyl adjacent to an activating group) is 1. The van der Waals surface area contributed by atoms with E-state index in [4.69, 9.17) is 4.74 Å². The fraction of sp³-hybridized carbons (Fsp3) is 0.462. The van der Waals surface area contributed by atoms with E-state index in [1.807, 2.05) is 4.90 Å². The number of nitrogens with one attached hydrogen (secondary N) is 1. The molecule has 1 saturated heterocycles. The largest absolute Gasteiger partial charge is 0.391 e. The Morgan fingerprint density at radius 3 is 3.00 bits per heavy atom. The summed E-state index contributed by atoms with van der Waals surface area (Å²) in [6, 6.07) is 3.98. The maximum absolute atomic E-state index is 11.9. The highest BCUT2D eigenvalue weighted by atomic mass is 16.6. The van der Waals surface area contributed by atoms with Crippen molar-refractivity contribution in [3.8, 4) is 0 Å². The second-order valence-electron chi connectivity index (χ2n) is 4.63. The minimum absolute atomic E-state index is 0.133. The molecule has 8 nitrogen and oxygen atoms in total. The van der Waals surface area contributed by atoms with Crippen molar-refractivity contribution >= 4 is 17.3 Å². The van der Waals surface area contributed by atoms with Crippen LogP contribution >= 0.6 is 0 Å². The van der Waals surface area contributed by atoms with Crippen LogP contribution in [0.2, 0.25) is 0 Å². The lowest BCUT2D eigenvalue weighted by Crippen LogP contribution is -2.53. The van der Waals surface area contributed by atoms with Crippen molar-refractivity contribution in [1.82, 2.24) is 5.32 Å². The Hall–Kier alpha value is -2.19. The lowest BCUT2D eigenvalue weighted by molar-refractivity contribution is -0.385. The number of rotatable bonds is 4. The molecule has 21 heavy (non-hydrogen) atoms. The molecular formula is C13H17N3O5. The third-order valence-electron chi connectivity index (χ3n) is 3.44. The number of hydrogen-bond donors (Lipinski definition) is 2. The third kappa shape index (κ3) is 3.11. The summed E-state index contributed by atoms with van der Waals surface area (Å²) in [6.07, 6.45) is 0. The third-order valence-corrected chi connectivity index (χ3v) is 3.44. The van der Waals surface area contributed by atoms with Crippen LogP contribution in [-0.4, -0.2) is 48.8 Å². The van der Waals surface area contributed by atoms with Crippen LogP contribution in [0.1, 0.15) is 5.56 Å². The number of nitro groups is 1. The van der Waals surface area contributed by atoms with E-state index in [0.717, 1.165) is 0 Å². The number of carbonyl (C=O) groups excluding carboxylic acids is 1. The van der Waals surface area contributed by atoms with Crippen LogP contribution in [0.4, 0.5) is 11.4 Å². The average Bonchev–Trinajstić information content (AvgIpc) is 2.53. The molecule has 0 bridgehead atoms. The summed E-state index contributed by atoms with van der Waals surface area (Å²) >= 11 is 0. The quantitative estimate of drug-likeness (QED) is 0.600. The molecule has 0 spiro atoms. The maximum atomic E-state index is 11.9. The standard InChI is InChI=1S/C13H17N3O5/c1-14-13(18)12-8-21-5-4-15(12)10-2-3-11(16(19)20)9(6-10)7-17/h2-3,6,12,17H,4-5,7-8H2,1H3,(H,14,18). The number of aliphatic hydroxyl groups is 1. The lowest BCUT2D eigenvalue weighted by Gasteiger charge is -2.36. The Morgan fingerprint density at radius 2 is 2.38 bits per heavy atom. The van der Waals surface area contributed by atoms with Crippen molar-refractivity contribution in [2.75, 3.05) is 31.7 Å². The zero-order chi connectivity index (χ0) is 15.4. The first kappa shape index (κ1) is 15.2. The number of benzene rings is 1. The normalized spacial score (nSPS) is 18.4. The fourth-order valence-electron chi connectivity index (χ4n) is 2.35. The smallest absolute Gasteiger partial charge is 0.275 e. The Labute approximate surface area is 121 Å². The number of morpholine rings is 1. The van der Waals surface area contributed by atoms with Crippen molar-refractivity contribution in [3.63, 3.8) is 0 Å². The molecule has 1 fully saturated rings. The monoisotopic (exact) mass is 295 g/mol. The van der Waals surface area contributed by atoms with Crippen LogP contribution in [0.5, 0.6) is 0 Å². The van der Waals surface area contributed by atoms with Crippen molar-refractivity contribution in [2.24, 2.45) is 0 Å². The molecular weight excluding hydrogens is 278 g/mol. The molecule has 1 aromatic rings. The molecule has 1 aliphatic rings. The van der Waals surface area contributed by atoms with E-state index in [-0.39, 0.29) is 23.8 Å². The summed E-state index contributed by atoms with van der Waals surface area (Å²) in [4.78, 5) is 24.1. The minimum atomic E-state index is -0.537. The second kappa shape index (κ2) is 6.51. The van der Waals surface area contributed by atoms with Crippen LogP contribution in [-0.2, 0) is 16.1 Å². The van der Waals surface area contributed by atoms with Gasteiger partial charge in [-0.3, -0.25) is 14.9 Å². The first-order valence-electron chi connectivity index (χ1n) is 6.52. The molecule has 1 aromatic carbocycles. The number of carbonyl (C=O) groups is 1. The van der Waals surface area contributed by atoms with E-state index >= 15 is 0 Å². The van der Waals surface area contributed by atoms with Crippen molar-refractivity contribution in [1.29, 1.82) is 0 Å². The maximum Gasteiger partial charge on any atom is 0.275 e. The molecule has 114 valence electrons. The number of anilines is 1. The SMILES string of the molecule is CNC(=O)C1COCCN1c1ccc([N+](=O)[O-])c(CO)c1. The van der Waals surface area contributed by atoms with Crippen LogP contribution in [0.15, 0.2) is 18.2 Å². The van der Waals surface area contributed by atoms with Gasteiger partial charge >= 0.3 is 0 Å².